The zero-order valence-corrected chi connectivity index (χ0v) is 10.8. The highest BCUT2D eigenvalue weighted by Gasteiger charge is 2.36. The summed E-state index contributed by atoms with van der Waals surface area (Å²) in [6, 6.07) is 0. The van der Waals surface area contributed by atoms with Crippen LogP contribution in [0.3, 0.4) is 0 Å². The fourth-order valence-electron chi connectivity index (χ4n) is 2.87. The van der Waals surface area contributed by atoms with Gasteiger partial charge in [-0.1, -0.05) is 12.0 Å². The molecule has 2 fully saturated rings. The van der Waals surface area contributed by atoms with Crippen LogP contribution in [0, 0.1) is 11.8 Å². The Bertz CT molecular complexity index is 305. The van der Waals surface area contributed by atoms with Crippen LogP contribution in [0.1, 0.15) is 46.0 Å². The summed E-state index contributed by atoms with van der Waals surface area (Å²) < 4.78 is 10.8. The molecule has 0 amide bonds. The highest BCUT2D eigenvalue weighted by Crippen LogP contribution is 2.34. The molecule has 1 saturated carbocycles. The maximum Gasteiger partial charge on any atom is 0.164 e. The molecule has 17 heavy (non-hydrogen) atoms. The average molecular weight is 238 g/mol. The summed E-state index contributed by atoms with van der Waals surface area (Å²) in [5.41, 5.74) is 1.11. The number of allylic oxidation sites excluding steroid dienone is 1. The van der Waals surface area contributed by atoms with E-state index in [1.54, 1.807) is 0 Å². The normalized spacial score (nSPS) is 37.6. The van der Waals surface area contributed by atoms with Crippen LogP contribution < -0.4 is 0 Å². The Labute approximate surface area is 103 Å². The van der Waals surface area contributed by atoms with E-state index >= 15 is 0 Å². The van der Waals surface area contributed by atoms with Gasteiger partial charge in [0.15, 0.2) is 12.6 Å². The first-order valence-corrected chi connectivity index (χ1v) is 6.55. The van der Waals surface area contributed by atoms with E-state index in [2.05, 4.69) is 6.58 Å². The van der Waals surface area contributed by atoms with Gasteiger partial charge in [-0.15, -0.1) is 6.58 Å². The number of carbonyl (C=O) groups is 1. The van der Waals surface area contributed by atoms with Gasteiger partial charge in [-0.05, 0) is 33.1 Å². The molecule has 0 aromatic carbocycles. The standard InChI is InChI=1S/C14H22O3/c1-9(2)7-11-5-4-6-12(14(11)15)8-13-16-10(3)17-13/h10-13H,1,4-8H2,2-3H3. The molecule has 0 radical (unpaired) electrons. The van der Waals surface area contributed by atoms with Crippen LogP contribution in [0.15, 0.2) is 12.2 Å². The first kappa shape index (κ1) is 12.8. The van der Waals surface area contributed by atoms with Crippen molar-refractivity contribution in [3.05, 3.63) is 12.2 Å². The van der Waals surface area contributed by atoms with Gasteiger partial charge in [-0.3, -0.25) is 4.79 Å². The van der Waals surface area contributed by atoms with Crippen LogP contribution in [0.4, 0.5) is 0 Å². The van der Waals surface area contributed by atoms with E-state index in [1.807, 2.05) is 13.8 Å². The fraction of sp³-hybridized carbons (Fsp3) is 0.786. The number of carbonyl (C=O) groups excluding carboxylic acids is 1. The van der Waals surface area contributed by atoms with Gasteiger partial charge >= 0.3 is 0 Å². The molecule has 2 rings (SSSR count). The largest absolute Gasteiger partial charge is 0.324 e. The molecule has 1 aliphatic heterocycles. The minimum absolute atomic E-state index is 0.0927. The lowest BCUT2D eigenvalue weighted by Crippen LogP contribution is -2.42. The van der Waals surface area contributed by atoms with Crippen LogP contribution in [-0.2, 0) is 14.3 Å². The maximum atomic E-state index is 12.3. The van der Waals surface area contributed by atoms with E-state index in [4.69, 9.17) is 9.47 Å². The molecule has 0 N–H and O–H groups in total. The summed E-state index contributed by atoms with van der Waals surface area (Å²) in [7, 11) is 0. The second-order valence-electron chi connectivity index (χ2n) is 5.39. The van der Waals surface area contributed by atoms with Crippen LogP contribution in [-0.4, -0.2) is 18.4 Å². The van der Waals surface area contributed by atoms with E-state index in [0.29, 0.717) is 5.78 Å². The Morgan fingerprint density at radius 3 is 2.59 bits per heavy atom. The molecule has 1 heterocycles. The van der Waals surface area contributed by atoms with E-state index in [1.165, 1.54) is 0 Å². The molecular weight excluding hydrogens is 216 g/mol. The monoisotopic (exact) mass is 238 g/mol. The van der Waals surface area contributed by atoms with Crippen LogP contribution in [0.5, 0.6) is 0 Å². The van der Waals surface area contributed by atoms with Gasteiger partial charge in [-0.25, -0.2) is 0 Å². The highest BCUT2D eigenvalue weighted by molar-refractivity contribution is 5.84. The number of ether oxygens (including phenoxy) is 2. The maximum absolute atomic E-state index is 12.3. The Kier molecular flexibility index (Phi) is 4.00. The third kappa shape index (κ3) is 3.17. The van der Waals surface area contributed by atoms with Crippen molar-refractivity contribution < 1.29 is 14.3 Å². The average Bonchev–Trinajstić information content (AvgIpc) is 2.21. The molecule has 2 atom stereocenters. The number of Topliss-reactive ketones (excluding diaryl/α,β-unsaturated/α-hetero) is 1. The van der Waals surface area contributed by atoms with Crippen molar-refractivity contribution in [3.63, 3.8) is 0 Å². The van der Waals surface area contributed by atoms with Crippen molar-refractivity contribution in [3.8, 4) is 0 Å². The second-order valence-corrected chi connectivity index (χ2v) is 5.39. The van der Waals surface area contributed by atoms with Gasteiger partial charge in [0.05, 0.1) is 0 Å². The molecular formula is C14H22O3. The number of ketones is 1. The summed E-state index contributed by atoms with van der Waals surface area (Å²) in [5.74, 6) is 0.709. The number of rotatable bonds is 4. The Hall–Kier alpha value is -0.670. The molecule has 0 aromatic rings. The topological polar surface area (TPSA) is 35.5 Å². The molecule has 3 heteroatoms. The lowest BCUT2D eigenvalue weighted by molar-refractivity contribution is -0.379. The summed E-state index contributed by atoms with van der Waals surface area (Å²) in [5, 5.41) is 0. The van der Waals surface area contributed by atoms with Crippen LogP contribution >= 0.6 is 0 Å². The van der Waals surface area contributed by atoms with Gasteiger partial charge in [0, 0.05) is 18.3 Å². The van der Waals surface area contributed by atoms with E-state index < -0.39 is 0 Å². The Morgan fingerprint density at radius 1 is 1.35 bits per heavy atom. The van der Waals surface area contributed by atoms with Crippen LogP contribution in [0.2, 0.25) is 0 Å². The molecule has 0 aromatic heterocycles. The van der Waals surface area contributed by atoms with Gasteiger partial charge < -0.3 is 9.47 Å². The third-order valence-corrected chi connectivity index (χ3v) is 3.67. The highest BCUT2D eigenvalue weighted by atomic mass is 16.9. The summed E-state index contributed by atoms with van der Waals surface area (Å²) in [4.78, 5) is 12.3. The molecule has 2 unspecified atom stereocenters. The van der Waals surface area contributed by atoms with Gasteiger partial charge in [0.1, 0.15) is 5.78 Å². The lowest BCUT2D eigenvalue weighted by atomic mass is 9.76. The van der Waals surface area contributed by atoms with Crippen molar-refractivity contribution in [2.24, 2.45) is 11.8 Å². The summed E-state index contributed by atoms with van der Waals surface area (Å²) >= 11 is 0. The quantitative estimate of drug-likeness (QED) is 0.706. The van der Waals surface area contributed by atoms with Crippen molar-refractivity contribution in [1.82, 2.24) is 0 Å². The SMILES string of the molecule is C=C(C)CC1CCCC(CC2OC(C)O2)C1=O. The minimum atomic E-state index is -0.150. The molecule has 1 saturated heterocycles. The van der Waals surface area contributed by atoms with E-state index in [0.717, 1.165) is 37.7 Å². The molecule has 1 aliphatic carbocycles. The van der Waals surface area contributed by atoms with E-state index in [9.17, 15) is 4.79 Å². The van der Waals surface area contributed by atoms with Gasteiger partial charge in [-0.2, -0.15) is 0 Å². The van der Waals surface area contributed by atoms with Crippen molar-refractivity contribution in [1.29, 1.82) is 0 Å². The van der Waals surface area contributed by atoms with Crippen LogP contribution in [0.25, 0.3) is 0 Å². The molecule has 0 spiro atoms. The second kappa shape index (κ2) is 5.32. The van der Waals surface area contributed by atoms with Gasteiger partial charge in [0.25, 0.3) is 0 Å². The predicted octanol–water partition coefficient (Wildman–Crippen LogP) is 3.05. The predicted molar refractivity (Wildman–Crippen MR) is 65.3 cm³/mol. The zero-order chi connectivity index (χ0) is 12.4. The van der Waals surface area contributed by atoms with Crippen molar-refractivity contribution in [2.45, 2.75) is 58.5 Å². The molecule has 3 nitrogen and oxygen atoms in total. The Morgan fingerprint density at radius 2 is 2.00 bits per heavy atom. The smallest absolute Gasteiger partial charge is 0.164 e. The fourth-order valence-corrected chi connectivity index (χ4v) is 2.87. The van der Waals surface area contributed by atoms with Crippen molar-refractivity contribution >= 4 is 5.78 Å². The molecule has 2 aliphatic rings. The van der Waals surface area contributed by atoms with Crippen molar-refractivity contribution in [2.75, 3.05) is 0 Å². The first-order valence-electron chi connectivity index (χ1n) is 6.55. The molecule has 96 valence electrons. The number of hydrogen-bond acceptors (Lipinski definition) is 3. The lowest BCUT2D eigenvalue weighted by Gasteiger charge is -2.37. The third-order valence-electron chi connectivity index (χ3n) is 3.67. The summed E-state index contributed by atoms with van der Waals surface area (Å²) in [6.07, 6.45) is 4.48. The van der Waals surface area contributed by atoms with Gasteiger partial charge in [0.2, 0.25) is 0 Å². The molecule has 0 bridgehead atoms. The Balaban J connectivity index is 1.85. The zero-order valence-electron chi connectivity index (χ0n) is 10.8. The minimum Gasteiger partial charge on any atom is -0.324 e. The summed E-state index contributed by atoms with van der Waals surface area (Å²) in [6.45, 7) is 7.78. The van der Waals surface area contributed by atoms with E-state index in [-0.39, 0.29) is 24.4 Å². The first-order chi connectivity index (χ1) is 8.06. The number of hydrogen-bond donors (Lipinski definition) is 0.